The van der Waals surface area contributed by atoms with Gasteiger partial charge in [0.1, 0.15) is 6.10 Å². The van der Waals surface area contributed by atoms with Crippen molar-refractivity contribution in [1.82, 2.24) is 9.80 Å². The monoisotopic (exact) mass is 648 g/mol. The summed E-state index contributed by atoms with van der Waals surface area (Å²) < 4.78 is 15.9. The maximum Gasteiger partial charge on any atom is 0.337 e. The lowest BCUT2D eigenvalue weighted by Crippen LogP contribution is -2.67. The van der Waals surface area contributed by atoms with Gasteiger partial charge < -0.3 is 24.0 Å². The molecule has 0 aliphatic carbocycles. The Balaban J connectivity index is 1.56. The number of methoxy groups -OCH3 is 2. The summed E-state index contributed by atoms with van der Waals surface area (Å²) in [6.45, 7) is 1.85. The van der Waals surface area contributed by atoms with Gasteiger partial charge in [-0.1, -0.05) is 84.9 Å². The van der Waals surface area contributed by atoms with Crippen LogP contribution in [0.25, 0.3) is 0 Å². The summed E-state index contributed by atoms with van der Waals surface area (Å²) in [5.41, 5.74) is 4.55. The molecule has 0 spiro atoms. The molecule has 9 nitrogen and oxygen atoms in total. The number of urea groups is 1. The highest BCUT2D eigenvalue weighted by Gasteiger charge is 2.48. The molecule has 5 rings (SSSR count). The molecule has 2 amide bonds. The highest BCUT2D eigenvalue weighted by Crippen LogP contribution is 2.33. The lowest BCUT2D eigenvalue weighted by molar-refractivity contribution is -0.157. The van der Waals surface area contributed by atoms with Crippen molar-refractivity contribution in [3.63, 3.8) is 0 Å². The molecule has 4 aromatic rings. The SMILES string of the molecule is COC(=O)c1ccc(CN2C(=O)N(Cc3ccc(C(=O)OC)cc3)[C@H](Cc3ccccc3)[C@H](OC(C)=O)[C@H]2CCc2ccccc2)cc1. The number of amides is 2. The molecular weight excluding hydrogens is 608 g/mol. The Morgan fingerprint density at radius 1 is 0.604 bits per heavy atom. The minimum Gasteiger partial charge on any atom is -0.465 e. The third kappa shape index (κ3) is 8.28. The highest BCUT2D eigenvalue weighted by molar-refractivity contribution is 5.89. The van der Waals surface area contributed by atoms with Gasteiger partial charge in [-0.3, -0.25) is 4.79 Å². The van der Waals surface area contributed by atoms with Crippen LogP contribution in [0, 0.1) is 0 Å². The van der Waals surface area contributed by atoms with Crippen LogP contribution in [-0.2, 0) is 44.9 Å². The number of nitrogens with zero attached hydrogens (tertiary/aromatic N) is 2. The van der Waals surface area contributed by atoms with Crippen molar-refractivity contribution in [2.75, 3.05) is 14.2 Å². The highest BCUT2D eigenvalue weighted by atomic mass is 16.5. The van der Waals surface area contributed by atoms with Gasteiger partial charge in [-0.25, -0.2) is 14.4 Å². The van der Waals surface area contributed by atoms with Crippen LogP contribution >= 0.6 is 0 Å². The van der Waals surface area contributed by atoms with E-state index in [0.717, 1.165) is 22.3 Å². The summed E-state index contributed by atoms with van der Waals surface area (Å²) in [6.07, 6.45) is 1.03. The topological polar surface area (TPSA) is 102 Å². The number of carbonyl (C=O) groups excluding carboxylic acids is 4. The molecule has 0 bridgehead atoms. The van der Waals surface area contributed by atoms with E-state index in [4.69, 9.17) is 14.2 Å². The fraction of sp³-hybridized carbons (Fsp3) is 0.282. The maximum absolute atomic E-state index is 14.8. The molecule has 1 heterocycles. The molecule has 4 aromatic carbocycles. The Labute approximate surface area is 281 Å². The van der Waals surface area contributed by atoms with Crippen LogP contribution in [0.15, 0.2) is 109 Å². The second kappa shape index (κ2) is 15.9. The van der Waals surface area contributed by atoms with Gasteiger partial charge in [0.25, 0.3) is 0 Å². The molecule has 9 heteroatoms. The minimum atomic E-state index is -0.659. The van der Waals surface area contributed by atoms with Crippen molar-refractivity contribution >= 4 is 23.9 Å². The van der Waals surface area contributed by atoms with Crippen molar-refractivity contribution in [3.05, 3.63) is 143 Å². The Kier molecular flexibility index (Phi) is 11.2. The molecule has 1 saturated heterocycles. The lowest BCUT2D eigenvalue weighted by Gasteiger charge is -2.50. The lowest BCUT2D eigenvalue weighted by atomic mass is 9.87. The first-order chi connectivity index (χ1) is 23.3. The quantitative estimate of drug-likeness (QED) is 0.132. The predicted molar refractivity (Wildman–Crippen MR) is 180 cm³/mol. The number of esters is 3. The van der Waals surface area contributed by atoms with Gasteiger partial charge >= 0.3 is 23.9 Å². The van der Waals surface area contributed by atoms with Crippen molar-refractivity contribution in [3.8, 4) is 0 Å². The van der Waals surface area contributed by atoms with Gasteiger partial charge in [0, 0.05) is 20.0 Å². The molecule has 0 saturated carbocycles. The summed E-state index contributed by atoms with van der Waals surface area (Å²) in [6, 6.07) is 32.7. The number of hydrogen-bond donors (Lipinski definition) is 0. The van der Waals surface area contributed by atoms with E-state index in [9.17, 15) is 19.2 Å². The molecule has 1 aliphatic rings. The van der Waals surface area contributed by atoms with Crippen LogP contribution in [0.2, 0.25) is 0 Å². The number of hydrogen-bond acceptors (Lipinski definition) is 7. The van der Waals surface area contributed by atoms with Crippen LogP contribution in [-0.4, -0.2) is 66.1 Å². The number of carbonyl (C=O) groups is 4. The van der Waals surface area contributed by atoms with Crippen LogP contribution in [0.1, 0.15) is 56.3 Å². The summed E-state index contributed by atoms with van der Waals surface area (Å²) in [5, 5.41) is 0. The van der Waals surface area contributed by atoms with Gasteiger partial charge in [0.15, 0.2) is 0 Å². The first kappa shape index (κ1) is 33.9. The van der Waals surface area contributed by atoms with E-state index in [1.807, 2.05) is 60.7 Å². The van der Waals surface area contributed by atoms with E-state index in [1.165, 1.54) is 21.1 Å². The summed E-state index contributed by atoms with van der Waals surface area (Å²) >= 11 is 0. The maximum atomic E-state index is 14.8. The fourth-order valence-corrected chi connectivity index (χ4v) is 6.26. The molecule has 0 radical (unpaired) electrons. The largest absolute Gasteiger partial charge is 0.465 e. The Hall–Kier alpha value is -5.44. The van der Waals surface area contributed by atoms with Crippen molar-refractivity contribution < 1.29 is 33.4 Å². The van der Waals surface area contributed by atoms with Crippen LogP contribution in [0.5, 0.6) is 0 Å². The van der Waals surface area contributed by atoms with Crippen LogP contribution in [0.3, 0.4) is 0 Å². The fourth-order valence-electron chi connectivity index (χ4n) is 6.26. The number of aryl methyl sites for hydroxylation is 1. The average molecular weight is 649 g/mol. The number of rotatable bonds is 12. The molecule has 0 aromatic heterocycles. The van der Waals surface area contributed by atoms with Crippen molar-refractivity contribution in [1.29, 1.82) is 0 Å². The molecule has 48 heavy (non-hydrogen) atoms. The number of ether oxygens (including phenoxy) is 3. The van der Waals surface area contributed by atoms with E-state index in [2.05, 4.69) is 0 Å². The van der Waals surface area contributed by atoms with Crippen molar-refractivity contribution in [2.45, 2.75) is 57.5 Å². The summed E-state index contributed by atoms with van der Waals surface area (Å²) in [5.74, 6) is -1.32. The first-order valence-corrected chi connectivity index (χ1v) is 15.9. The van der Waals surface area contributed by atoms with Gasteiger partial charge in [0.05, 0.1) is 37.4 Å². The third-order valence-electron chi connectivity index (χ3n) is 8.67. The van der Waals surface area contributed by atoms with Gasteiger partial charge in [-0.05, 0) is 65.8 Å². The molecule has 3 atom stereocenters. The normalized spacial score (nSPS) is 17.5. The molecule has 1 fully saturated rings. The van der Waals surface area contributed by atoms with Gasteiger partial charge in [-0.15, -0.1) is 0 Å². The molecule has 248 valence electrons. The van der Waals surface area contributed by atoms with E-state index in [-0.39, 0.29) is 19.1 Å². The van der Waals surface area contributed by atoms with Gasteiger partial charge in [0.2, 0.25) is 0 Å². The zero-order valence-electron chi connectivity index (χ0n) is 27.4. The standard InChI is InChI=1S/C39H40N2O7/c1-27(42)48-36-34(23-18-28-10-6-4-7-11-28)40(25-30-14-19-32(20-15-30)37(43)46-2)39(45)41(35(36)24-29-12-8-5-9-13-29)26-31-16-21-33(22-17-31)38(44)47-3/h4-17,19-22,34-36H,18,23-26H2,1-3H3/t34-,35-,36-/m1/s1. The second-order valence-electron chi connectivity index (χ2n) is 11.8. The van der Waals surface area contributed by atoms with E-state index in [1.54, 1.807) is 58.3 Å². The zero-order valence-corrected chi connectivity index (χ0v) is 27.4. The Bertz CT molecular complexity index is 1690. The predicted octanol–water partition coefficient (Wildman–Crippen LogP) is 6.24. The summed E-state index contributed by atoms with van der Waals surface area (Å²) in [7, 11) is 2.66. The van der Waals surface area contributed by atoms with Crippen LogP contribution < -0.4 is 0 Å². The Morgan fingerprint density at radius 3 is 1.52 bits per heavy atom. The van der Waals surface area contributed by atoms with Crippen molar-refractivity contribution in [2.24, 2.45) is 0 Å². The summed E-state index contributed by atoms with van der Waals surface area (Å²) in [4.78, 5) is 55.3. The van der Waals surface area contributed by atoms with E-state index in [0.29, 0.717) is 30.4 Å². The minimum absolute atomic E-state index is 0.202. The smallest absolute Gasteiger partial charge is 0.337 e. The average Bonchev–Trinajstić information content (AvgIpc) is 3.12. The zero-order chi connectivity index (χ0) is 34.0. The van der Waals surface area contributed by atoms with E-state index < -0.39 is 36.1 Å². The third-order valence-corrected chi connectivity index (χ3v) is 8.67. The first-order valence-electron chi connectivity index (χ1n) is 15.9. The van der Waals surface area contributed by atoms with Crippen LogP contribution in [0.4, 0.5) is 4.79 Å². The van der Waals surface area contributed by atoms with E-state index >= 15 is 0 Å². The molecule has 0 unspecified atom stereocenters. The Morgan fingerprint density at radius 2 is 1.06 bits per heavy atom. The molecule has 1 aliphatic heterocycles. The molecule has 0 N–H and O–H groups in total. The van der Waals surface area contributed by atoms with Gasteiger partial charge in [-0.2, -0.15) is 0 Å². The molecular formula is C39H40N2O7. The number of benzene rings is 4. The second-order valence-corrected chi connectivity index (χ2v) is 11.8.